The molecular weight excluding hydrogens is 344 g/mol. The van der Waals surface area contributed by atoms with E-state index in [1.165, 1.54) is 18.3 Å². The fourth-order valence-electron chi connectivity index (χ4n) is 1.94. The van der Waals surface area contributed by atoms with Crippen molar-refractivity contribution in [2.24, 2.45) is 5.10 Å². The first-order valence-corrected chi connectivity index (χ1v) is 7.99. The van der Waals surface area contributed by atoms with E-state index < -0.39 is 5.91 Å². The number of carbonyl (C=O) groups is 1. The molecular formula is C16H18N4O4S. The van der Waals surface area contributed by atoms with Crippen LogP contribution in [0.25, 0.3) is 0 Å². The van der Waals surface area contributed by atoms with Gasteiger partial charge in [-0.2, -0.15) is 5.10 Å². The lowest BCUT2D eigenvalue weighted by Gasteiger charge is -2.06. The highest BCUT2D eigenvalue weighted by Gasteiger charge is 2.05. The number of aromatic hydroxyl groups is 1. The molecule has 0 aliphatic heterocycles. The van der Waals surface area contributed by atoms with Crippen molar-refractivity contribution in [3.05, 3.63) is 50.6 Å². The summed E-state index contributed by atoms with van der Waals surface area (Å²) in [6.07, 6.45) is 2.10. The highest BCUT2D eigenvalue weighted by atomic mass is 32.1. The van der Waals surface area contributed by atoms with Gasteiger partial charge in [-0.25, -0.2) is 5.43 Å². The van der Waals surface area contributed by atoms with E-state index in [-0.39, 0.29) is 22.5 Å². The number of H-pyrrole nitrogens is 2. The van der Waals surface area contributed by atoms with E-state index in [1.54, 1.807) is 12.1 Å². The molecule has 0 bridgehead atoms. The third-order valence-electron chi connectivity index (χ3n) is 3.03. The molecule has 0 radical (unpaired) electrons. The second kappa shape index (κ2) is 8.78. The van der Waals surface area contributed by atoms with E-state index in [4.69, 9.17) is 17.0 Å². The van der Waals surface area contributed by atoms with E-state index in [1.807, 2.05) is 6.92 Å². The number of nitrogens with one attached hydrogen (secondary N) is 3. The van der Waals surface area contributed by atoms with E-state index in [2.05, 4.69) is 20.5 Å². The van der Waals surface area contributed by atoms with Gasteiger partial charge < -0.3 is 14.8 Å². The third-order valence-corrected chi connectivity index (χ3v) is 3.24. The van der Waals surface area contributed by atoms with Crippen LogP contribution < -0.4 is 15.7 Å². The topological polar surface area (TPSA) is 120 Å². The minimum atomic E-state index is -0.435. The molecule has 2 aromatic rings. The Kier molecular flexibility index (Phi) is 6.47. The van der Waals surface area contributed by atoms with Crippen LogP contribution in [0.3, 0.4) is 0 Å². The van der Waals surface area contributed by atoms with Crippen LogP contribution in [0.1, 0.15) is 24.6 Å². The first kappa shape index (κ1) is 18.4. The minimum Gasteiger partial charge on any atom is -0.507 e. The number of benzene rings is 1. The van der Waals surface area contributed by atoms with Crippen LogP contribution in [0.2, 0.25) is 0 Å². The van der Waals surface area contributed by atoms with Gasteiger partial charge in [0.2, 0.25) is 5.91 Å². The van der Waals surface area contributed by atoms with Gasteiger partial charge in [-0.05, 0) is 30.8 Å². The molecule has 0 aliphatic carbocycles. The summed E-state index contributed by atoms with van der Waals surface area (Å²) in [7, 11) is 0. The smallest absolute Gasteiger partial charge is 0.251 e. The number of hydrogen-bond donors (Lipinski definition) is 4. The molecule has 1 aromatic carbocycles. The van der Waals surface area contributed by atoms with Crippen LogP contribution >= 0.6 is 12.2 Å². The highest BCUT2D eigenvalue weighted by Crippen LogP contribution is 2.22. The van der Waals surface area contributed by atoms with Gasteiger partial charge in [0, 0.05) is 23.4 Å². The first-order chi connectivity index (χ1) is 12.0. The Morgan fingerprint density at radius 3 is 2.88 bits per heavy atom. The maximum Gasteiger partial charge on any atom is 0.251 e. The van der Waals surface area contributed by atoms with Crippen molar-refractivity contribution in [3.8, 4) is 11.5 Å². The number of ether oxygens (including phenoxy) is 1. The van der Waals surface area contributed by atoms with Gasteiger partial charge >= 0.3 is 0 Å². The Labute approximate surface area is 148 Å². The predicted octanol–water partition coefficient (Wildman–Crippen LogP) is 1.62. The summed E-state index contributed by atoms with van der Waals surface area (Å²) in [5.74, 6) is 0.116. The zero-order valence-corrected chi connectivity index (χ0v) is 14.4. The lowest BCUT2D eigenvalue weighted by Crippen LogP contribution is -2.21. The fourth-order valence-corrected chi connectivity index (χ4v) is 2.17. The molecule has 0 saturated heterocycles. The number of carbonyl (C=O) groups excluding carboxylic acids is 1. The van der Waals surface area contributed by atoms with Crippen molar-refractivity contribution >= 4 is 24.3 Å². The van der Waals surface area contributed by atoms with Crippen LogP contribution in [0.4, 0.5) is 0 Å². The molecule has 0 fully saturated rings. The number of aromatic amines is 2. The Morgan fingerprint density at radius 2 is 2.20 bits per heavy atom. The summed E-state index contributed by atoms with van der Waals surface area (Å²) >= 11 is 4.83. The van der Waals surface area contributed by atoms with Gasteiger partial charge in [-0.1, -0.05) is 6.92 Å². The average molecular weight is 362 g/mol. The predicted molar refractivity (Wildman–Crippen MR) is 95.6 cm³/mol. The van der Waals surface area contributed by atoms with Gasteiger partial charge in [0.05, 0.1) is 19.2 Å². The average Bonchev–Trinajstić information content (AvgIpc) is 2.53. The number of nitrogens with zero attached hydrogens (tertiary/aromatic N) is 1. The summed E-state index contributed by atoms with van der Waals surface area (Å²) in [5.41, 5.74) is 2.74. The monoisotopic (exact) mass is 362 g/mol. The molecule has 25 heavy (non-hydrogen) atoms. The second-order valence-corrected chi connectivity index (χ2v) is 5.56. The molecule has 0 aliphatic rings. The first-order valence-electron chi connectivity index (χ1n) is 7.58. The summed E-state index contributed by atoms with van der Waals surface area (Å²) < 4.78 is 5.55. The van der Waals surface area contributed by atoms with Gasteiger partial charge in [-0.15, -0.1) is 0 Å². The zero-order chi connectivity index (χ0) is 18.2. The van der Waals surface area contributed by atoms with Crippen molar-refractivity contribution in [2.75, 3.05) is 6.61 Å². The summed E-state index contributed by atoms with van der Waals surface area (Å²) in [6, 6.07) is 6.06. The number of phenols is 1. The van der Waals surface area contributed by atoms with Crippen molar-refractivity contribution in [1.82, 2.24) is 15.4 Å². The Balaban J connectivity index is 1.94. The molecule has 1 heterocycles. The molecule has 0 atom stereocenters. The molecule has 2 rings (SSSR count). The zero-order valence-electron chi connectivity index (χ0n) is 13.5. The normalized spacial score (nSPS) is 10.8. The second-order valence-electron chi connectivity index (χ2n) is 5.15. The van der Waals surface area contributed by atoms with E-state index in [9.17, 15) is 14.7 Å². The third kappa shape index (κ3) is 5.88. The number of rotatable bonds is 7. The van der Waals surface area contributed by atoms with E-state index in [0.29, 0.717) is 23.6 Å². The van der Waals surface area contributed by atoms with Crippen LogP contribution in [-0.4, -0.2) is 33.8 Å². The largest absolute Gasteiger partial charge is 0.507 e. The quantitative estimate of drug-likeness (QED) is 0.339. The SMILES string of the molecule is CCCOc1ccc(/C=N/NC(=O)Cc2cc(=O)[nH]c(=S)[nH]2)c(O)c1. The van der Waals surface area contributed by atoms with Crippen LogP contribution in [0.5, 0.6) is 11.5 Å². The molecule has 1 amide bonds. The maximum absolute atomic E-state index is 11.8. The van der Waals surface area contributed by atoms with Crippen LogP contribution in [0, 0.1) is 4.77 Å². The number of hydrazone groups is 1. The highest BCUT2D eigenvalue weighted by molar-refractivity contribution is 7.71. The molecule has 1 aromatic heterocycles. The van der Waals surface area contributed by atoms with Crippen molar-refractivity contribution in [3.63, 3.8) is 0 Å². The van der Waals surface area contributed by atoms with Gasteiger partial charge in [-0.3, -0.25) is 14.6 Å². The number of phenolic OH excluding ortho intramolecular Hbond substituents is 1. The molecule has 0 saturated carbocycles. The number of amides is 1. The Bertz CT molecular complexity index is 860. The van der Waals surface area contributed by atoms with Gasteiger partial charge in [0.1, 0.15) is 11.5 Å². The molecule has 0 spiro atoms. The van der Waals surface area contributed by atoms with Crippen LogP contribution in [0.15, 0.2) is 34.2 Å². The number of hydrogen-bond acceptors (Lipinski definition) is 6. The Hall–Kier alpha value is -2.94. The lowest BCUT2D eigenvalue weighted by molar-refractivity contribution is -0.120. The molecule has 132 valence electrons. The van der Waals surface area contributed by atoms with Crippen molar-refractivity contribution < 1.29 is 14.6 Å². The van der Waals surface area contributed by atoms with Crippen molar-refractivity contribution in [1.29, 1.82) is 0 Å². The van der Waals surface area contributed by atoms with Crippen LogP contribution in [-0.2, 0) is 11.2 Å². The van der Waals surface area contributed by atoms with E-state index >= 15 is 0 Å². The fraction of sp³-hybridized carbons (Fsp3) is 0.250. The molecule has 4 N–H and O–H groups in total. The molecule has 8 nitrogen and oxygen atoms in total. The molecule has 9 heteroatoms. The summed E-state index contributed by atoms with van der Waals surface area (Å²) in [5, 5.41) is 13.7. The van der Waals surface area contributed by atoms with Crippen molar-refractivity contribution in [2.45, 2.75) is 19.8 Å². The summed E-state index contributed by atoms with van der Waals surface area (Å²) in [4.78, 5) is 28.2. The number of aromatic nitrogens is 2. The Morgan fingerprint density at radius 1 is 1.40 bits per heavy atom. The van der Waals surface area contributed by atoms with E-state index in [0.717, 1.165) is 6.42 Å². The maximum atomic E-state index is 11.8. The minimum absolute atomic E-state index is 0.00900. The standard InChI is InChI=1S/C16H18N4O4S/c1-2-5-24-12-4-3-10(13(21)8-12)9-17-20-15(23)7-11-6-14(22)19-16(25)18-11/h3-4,6,8-9,21H,2,5,7H2,1H3,(H,20,23)(H2,18,19,22,25)/b17-9+. The molecule has 0 unspecified atom stereocenters. The summed E-state index contributed by atoms with van der Waals surface area (Å²) in [6.45, 7) is 2.55. The van der Waals surface area contributed by atoms with Gasteiger partial charge in [0.15, 0.2) is 4.77 Å². The lowest BCUT2D eigenvalue weighted by atomic mass is 10.2. The van der Waals surface area contributed by atoms with Gasteiger partial charge in [0.25, 0.3) is 5.56 Å².